The van der Waals surface area contributed by atoms with Gasteiger partial charge in [-0.25, -0.2) is 4.79 Å². The highest BCUT2D eigenvalue weighted by Gasteiger charge is 2.07. The third-order valence-electron chi connectivity index (χ3n) is 2.51. The summed E-state index contributed by atoms with van der Waals surface area (Å²) in [5, 5.41) is 0. The van der Waals surface area contributed by atoms with E-state index in [2.05, 4.69) is 4.98 Å². The number of aromatic nitrogens is 2. The summed E-state index contributed by atoms with van der Waals surface area (Å²) in [5.74, 6) is 0. The Labute approximate surface area is 87.5 Å². The first-order valence-corrected chi connectivity index (χ1v) is 4.91. The van der Waals surface area contributed by atoms with Gasteiger partial charge in [0.1, 0.15) is 0 Å². The Morgan fingerprint density at radius 3 is 3.00 bits per heavy atom. The third-order valence-corrected chi connectivity index (χ3v) is 2.51. The number of fused-ring (bicyclic) bond motifs is 1. The van der Waals surface area contributed by atoms with Crippen LogP contribution in [0.3, 0.4) is 0 Å². The predicted octanol–water partition coefficient (Wildman–Crippen LogP) is 1.28. The van der Waals surface area contributed by atoms with Crippen molar-refractivity contribution in [1.29, 1.82) is 0 Å². The van der Waals surface area contributed by atoms with E-state index in [0.717, 1.165) is 16.6 Å². The smallest absolute Gasteiger partial charge is 0.326 e. The summed E-state index contributed by atoms with van der Waals surface area (Å²) < 4.78 is 6.70. The van der Waals surface area contributed by atoms with Crippen molar-refractivity contribution in [2.24, 2.45) is 0 Å². The Morgan fingerprint density at radius 1 is 1.47 bits per heavy atom. The minimum atomic E-state index is -0.0728. The number of aromatic amines is 1. The van der Waals surface area contributed by atoms with Gasteiger partial charge in [-0.05, 0) is 18.6 Å². The maximum atomic E-state index is 11.6. The number of imidazole rings is 1. The van der Waals surface area contributed by atoms with Crippen molar-refractivity contribution in [3.05, 3.63) is 34.2 Å². The van der Waals surface area contributed by atoms with E-state index < -0.39 is 0 Å². The SMILES string of the molecule is COCCn1c(=O)[nH]c2cccc(C)c21. The predicted molar refractivity (Wildman–Crippen MR) is 59.2 cm³/mol. The molecule has 4 nitrogen and oxygen atoms in total. The van der Waals surface area contributed by atoms with Crippen LogP contribution < -0.4 is 5.69 Å². The molecule has 0 spiro atoms. The van der Waals surface area contributed by atoms with Crippen LogP contribution in [0.4, 0.5) is 0 Å². The number of hydrogen-bond acceptors (Lipinski definition) is 2. The molecule has 0 saturated carbocycles. The normalized spacial score (nSPS) is 11.1. The third kappa shape index (κ3) is 1.68. The average Bonchev–Trinajstić information content (AvgIpc) is 2.53. The Balaban J connectivity index is 2.61. The molecule has 0 fully saturated rings. The van der Waals surface area contributed by atoms with Crippen LogP contribution in [0.15, 0.2) is 23.0 Å². The van der Waals surface area contributed by atoms with Crippen LogP contribution in [0.5, 0.6) is 0 Å². The highest BCUT2D eigenvalue weighted by Crippen LogP contribution is 2.14. The fourth-order valence-corrected chi connectivity index (χ4v) is 1.80. The Morgan fingerprint density at radius 2 is 2.27 bits per heavy atom. The number of ether oxygens (including phenoxy) is 1. The molecule has 0 atom stereocenters. The van der Waals surface area contributed by atoms with E-state index in [1.807, 2.05) is 25.1 Å². The van der Waals surface area contributed by atoms with Gasteiger partial charge in [-0.1, -0.05) is 12.1 Å². The lowest BCUT2D eigenvalue weighted by atomic mass is 10.2. The molecule has 0 aliphatic rings. The zero-order chi connectivity index (χ0) is 10.8. The monoisotopic (exact) mass is 206 g/mol. The van der Waals surface area contributed by atoms with Gasteiger partial charge in [0.05, 0.1) is 24.2 Å². The second-order valence-electron chi connectivity index (χ2n) is 3.55. The van der Waals surface area contributed by atoms with Crippen molar-refractivity contribution >= 4 is 11.0 Å². The number of hydrogen-bond donors (Lipinski definition) is 1. The summed E-state index contributed by atoms with van der Waals surface area (Å²) in [6.07, 6.45) is 0. The van der Waals surface area contributed by atoms with E-state index in [1.54, 1.807) is 11.7 Å². The molecule has 0 radical (unpaired) electrons. The zero-order valence-corrected chi connectivity index (χ0v) is 8.91. The molecule has 4 heteroatoms. The minimum Gasteiger partial charge on any atom is -0.383 e. The van der Waals surface area contributed by atoms with Gasteiger partial charge < -0.3 is 9.72 Å². The second kappa shape index (κ2) is 3.90. The number of rotatable bonds is 3. The van der Waals surface area contributed by atoms with Crippen molar-refractivity contribution in [3.63, 3.8) is 0 Å². The first-order chi connectivity index (χ1) is 7.24. The lowest BCUT2D eigenvalue weighted by Gasteiger charge is -2.03. The Hall–Kier alpha value is -1.55. The molecule has 0 saturated heterocycles. The lowest BCUT2D eigenvalue weighted by molar-refractivity contribution is 0.187. The first kappa shape index (κ1) is 9.98. The number of H-pyrrole nitrogens is 1. The number of nitrogens with one attached hydrogen (secondary N) is 1. The molecule has 0 aliphatic carbocycles. The van der Waals surface area contributed by atoms with Crippen molar-refractivity contribution in [2.75, 3.05) is 13.7 Å². The maximum Gasteiger partial charge on any atom is 0.326 e. The van der Waals surface area contributed by atoms with Crippen LogP contribution in [-0.4, -0.2) is 23.3 Å². The van der Waals surface area contributed by atoms with Crippen LogP contribution in [0.2, 0.25) is 0 Å². The molecule has 15 heavy (non-hydrogen) atoms. The summed E-state index contributed by atoms with van der Waals surface area (Å²) in [6, 6.07) is 5.85. The summed E-state index contributed by atoms with van der Waals surface area (Å²) in [5.41, 5.74) is 2.88. The maximum absolute atomic E-state index is 11.6. The number of nitrogens with zero attached hydrogens (tertiary/aromatic N) is 1. The zero-order valence-electron chi connectivity index (χ0n) is 8.91. The number of para-hydroxylation sites is 1. The molecule has 1 N–H and O–H groups in total. The number of methoxy groups -OCH3 is 1. The van der Waals surface area contributed by atoms with Gasteiger partial charge in [0.2, 0.25) is 0 Å². The molecule has 0 amide bonds. The quantitative estimate of drug-likeness (QED) is 0.822. The molecular formula is C11H14N2O2. The summed E-state index contributed by atoms with van der Waals surface area (Å²) in [4.78, 5) is 14.5. The highest BCUT2D eigenvalue weighted by atomic mass is 16.5. The van der Waals surface area contributed by atoms with Gasteiger partial charge in [0.15, 0.2) is 0 Å². The molecule has 0 bridgehead atoms. The Bertz CT molecular complexity index is 525. The van der Waals surface area contributed by atoms with Gasteiger partial charge in [0, 0.05) is 7.11 Å². The largest absolute Gasteiger partial charge is 0.383 e. The molecule has 1 aromatic carbocycles. The molecule has 1 aromatic heterocycles. The van der Waals surface area contributed by atoms with Crippen LogP contribution in [0.25, 0.3) is 11.0 Å². The van der Waals surface area contributed by atoms with E-state index in [0.29, 0.717) is 13.2 Å². The van der Waals surface area contributed by atoms with E-state index >= 15 is 0 Å². The van der Waals surface area contributed by atoms with Gasteiger partial charge in [0.25, 0.3) is 0 Å². The van der Waals surface area contributed by atoms with E-state index in [9.17, 15) is 4.79 Å². The van der Waals surface area contributed by atoms with E-state index in [4.69, 9.17) is 4.74 Å². The number of aryl methyl sites for hydroxylation is 1. The molecule has 2 rings (SSSR count). The molecule has 1 heterocycles. The van der Waals surface area contributed by atoms with Crippen molar-refractivity contribution in [2.45, 2.75) is 13.5 Å². The molecular weight excluding hydrogens is 192 g/mol. The first-order valence-electron chi connectivity index (χ1n) is 4.91. The molecule has 0 unspecified atom stereocenters. The van der Waals surface area contributed by atoms with Gasteiger partial charge >= 0.3 is 5.69 Å². The van der Waals surface area contributed by atoms with Gasteiger partial charge in [-0.15, -0.1) is 0 Å². The minimum absolute atomic E-state index is 0.0728. The fraction of sp³-hybridized carbons (Fsp3) is 0.364. The molecule has 80 valence electrons. The van der Waals surface area contributed by atoms with Crippen LogP contribution in [0, 0.1) is 6.92 Å². The topological polar surface area (TPSA) is 47.0 Å². The summed E-state index contributed by atoms with van der Waals surface area (Å²) in [7, 11) is 1.63. The molecule has 0 aliphatic heterocycles. The second-order valence-corrected chi connectivity index (χ2v) is 3.55. The van der Waals surface area contributed by atoms with Crippen LogP contribution >= 0.6 is 0 Å². The van der Waals surface area contributed by atoms with Crippen molar-refractivity contribution in [1.82, 2.24) is 9.55 Å². The van der Waals surface area contributed by atoms with Crippen LogP contribution in [-0.2, 0) is 11.3 Å². The van der Waals surface area contributed by atoms with Crippen molar-refractivity contribution in [3.8, 4) is 0 Å². The van der Waals surface area contributed by atoms with Crippen molar-refractivity contribution < 1.29 is 4.74 Å². The Kier molecular flexibility index (Phi) is 2.60. The average molecular weight is 206 g/mol. The van der Waals surface area contributed by atoms with Crippen LogP contribution in [0.1, 0.15) is 5.56 Å². The van der Waals surface area contributed by atoms with E-state index in [-0.39, 0.29) is 5.69 Å². The van der Waals surface area contributed by atoms with Gasteiger partial charge in [-0.2, -0.15) is 0 Å². The van der Waals surface area contributed by atoms with E-state index in [1.165, 1.54) is 0 Å². The van der Waals surface area contributed by atoms with Gasteiger partial charge in [-0.3, -0.25) is 4.57 Å². The highest BCUT2D eigenvalue weighted by molar-refractivity contribution is 5.78. The molecule has 2 aromatic rings. The number of benzene rings is 1. The summed E-state index contributed by atoms with van der Waals surface area (Å²) in [6.45, 7) is 3.13. The lowest BCUT2D eigenvalue weighted by Crippen LogP contribution is -2.19. The standard InChI is InChI=1S/C11H14N2O2/c1-8-4-3-5-9-10(8)13(6-7-15-2)11(14)12-9/h3-5H,6-7H2,1-2H3,(H,12,14). The fourth-order valence-electron chi connectivity index (χ4n) is 1.80. The summed E-state index contributed by atoms with van der Waals surface area (Å²) >= 11 is 0.